The van der Waals surface area contributed by atoms with Gasteiger partial charge in [-0.25, -0.2) is 0 Å². The van der Waals surface area contributed by atoms with Crippen molar-refractivity contribution in [3.8, 4) is 17.0 Å². The lowest BCUT2D eigenvalue weighted by Crippen LogP contribution is -2.21. The molecule has 0 unspecified atom stereocenters. The number of nitrogens with one attached hydrogen (secondary N) is 1. The highest BCUT2D eigenvalue weighted by atomic mass is 19.4. The van der Waals surface area contributed by atoms with Crippen LogP contribution in [0.25, 0.3) is 11.3 Å². The standard InChI is InChI=1S/C23H19F3N2O3/c24-23(25,26)31-18-9-5-15(6-10-18)20-11-7-16(13-27-20)22(30)28-21-3-1-2-14-4-8-17(29)12-19(14)21/h1-3,5-7,9-11,13,17,29H,4,8,12H2,(H,28,30)/t17-/m1/s1. The first-order valence-electron chi connectivity index (χ1n) is 9.71. The van der Waals surface area contributed by atoms with E-state index < -0.39 is 12.5 Å². The van der Waals surface area contributed by atoms with Crippen molar-refractivity contribution in [3.05, 3.63) is 77.5 Å². The summed E-state index contributed by atoms with van der Waals surface area (Å²) in [5.74, 6) is -0.648. The molecular weight excluding hydrogens is 409 g/mol. The number of halogens is 3. The van der Waals surface area contributed by atoms with Gasteiger partial charge in [-0.3, -0.25) is 9.78 Å². The summed E-state index contributed by atoms with van der Waals surface area (Å²) in [4.78, 5) is 16.9. The Morgan fingerprint density at radius 3 is 2.55 bits per heavy atom. The van der Waals surface area contributed by atoms with E-state index in [0.29, 0.717) is 35.3 Å². The molecule has 31 heavy (non-hydrogen) atoms. The molecule has 1 aliphatic rings. The second kappa shape index (κ2) is 8.39. The Morgan fingerprint density at radius 1 is 1.10 bits per heavy atom. The van der Waals surface area contributed by atoms with Gasteiger partial charge in [0.05, 0.1) is 17.4 Å². The number of nitrogens with zero attached hydrogens (tertiary/aromatic N) is 1. The summed E-state index contributed by atoms with van der Waals surface area (Å²) < 4.78 is 40.7. The maximum Gasteiger partial charge on any atom is 0.573 e. The molecule has 8 heteroatoms. The predicted octanol–water partition coefficient (Wildman–Crippen LogP) is 4.75. The number of anilines is 1. The smallest absolute Gasteiger partial charge is 0.406 e. The summed E-state index contributed by atoms with van der Waals surface area (Å²) in [6, 6.07) is 14.2. The van der Waals surface area contributed by atoms with E-state index in [4.69, 9.17) is 0 Å². The molecule has 0 saturated carbocycles. The largest absolute Gasteiger partial charge is 0.573 e. The third-order valence-electron chi connectivity index (χ3n) is 5.12. The molecule has 0 bridgehead atoms. The Balaban J connectivity index is 1.47. The Kier molecular flexibility index (Phi) is 5.65. The number of hydrogen-bond acceptors (Lipinski definition) is 4. The molecule has 2 N–H and O–H groups in total. The Morgan fingerprint density at radius 2 is 1.87 bits per heavy atom. The van der Waals surface area contributed by atoms with Gasteiger partial charge in [-0.2, -0.15) is 0 Å². The summed E-state index contributed by atoms with van der Waals surface area (Å²) in [6.45, 7) is 0. The van der Waals surface area contributed by atoms with Crippen molar-refractivity contribution in [2.75, 3.05) is 5.32 Å². The average molecular weight is 428 g/mol. The molecule has 5 nitrogen and oxygen atoms in total. The second-order valence-electron chi connectivity index (χ2n) is 7.30. The van der Waals surface area contributed by atoms with Crippen molar-refractivity contribution in [3.63, 3.8) is 0 Å². The van der Waals surface area contributed by atoms with Crippen LogP contribution in [-0.2, 0) is 12.8 Å². The number of fused-ring (bicyclic) bond motifs is 1. The first-order valence-corrected chi connectivity index (χ1v) is 9.71. The number of aliphatic hydroxyl groups is 1. The molecule has 2 aromatic carbocycles. The van der Waals surface area contributed by atoms with E-state index in [1.807, 2.05) is 12.1 Å². The van der Waals surface area contributed by atoms with Crippen molar-refractivity contribution in [1.29, 1.82) is 0 Å². The topological polar surface area (TPSA) is 71.5 Å². The molecule has 0 radical (unpaired) electrons. The third-order valence-corrected chi connectivity index (χ3v) is 5.12. The van der Waals surface area contributed by atoms with Crippen LogP contribution in [0.5, 0.6) is 5.75 Å². The Bertz CT molecular complexity index is 1080. The summed E-state index contributed by atoms with van der Waals surface area (Å²) >= 11 is 0. The first-order chi connectivity index (χ1) is 14.8. The number of aromatic nitrogens is 1. The zero-order valence-corrected chi connectivity index (χ0v) is 16.3. The fourth-order valence-corrected chi connectivity index (χ4v) is 3.61. The Labute approximate surface area is 176 Å². The van der Waals surface area contributed by atoms with E-state index in [1.165, 1.54) is 30.5 Å². The van der Waals surface area contributed by atoms with Gasteiger partial charge in [0.1, 0.15) is 5.75 Å². The lowest BCUT2D eigenvalue weighted by atomic mass is 9.88. The van der Waals surface area contributed by atoms with Gasteiger partial charge in [0.2, 0.25) is 0 Å². The number of pyridine rings is 1. The van der Waals surface area contributed by atoms with Crippen molar-refractivity contribution < 1.29 is 27.8 Å². The van der Waals surface area contributed by atoms with Crippen LogP contribution in [0.2, 0.25) is 0 Å². The quantitative estimate of drug-likeness (QED) is 0.629. The SMILES string of the molecule is O=C(Nc1cccc2c1C[C@H](O)CC2)c1ccc(-c2ccc(OC(F)(F)F)cc2)nc1. The maximum absolute atomic E-state index is 12.7. The van der Waals surface area contributed by atoms with Crippen LogP contribution in [0, 0.1) is 0 Å². The fourth-order valence-electron chi connectivity index (χ4n) is 3.61. The third kappa shape index (κ3) is 5.03. The summed E-state index contributed by atoms with van der Waals surface area (Å²) in [7, 11) is 0. The highest BCUT2D eigenvalue weighted by Gasteiger charge is 2.31. The number of carbonyl (C=O) groups is 1. The van der Waals surface area contributed by atoms with Crippen LogP contribution in [0.4, 0.5) is 18.9 Å². The minimum absolute atomic E-state index is 0.316. The molecule has 0 fully saturated rings. The molecule has 4 rings (SSSR count). The minimum Gasteiger partial charge on any atom is -0.406 e. The number of aryl methyl sites for hydroxylation is 1. The average Bonchev–Trinajstić information content (AvgIpc) is 2.74. The number of hydrogen-bond donors (Lipinski definition) is 2. The van der Waals surface area contributed by atoms with Gasteiger partial charge >= 0.3 is 6.36 Å². The summed E-state index contributed by atoms with van der Waals surface area (Å²) in [5, 5.41) is 12.8. The monoisotopic (exact) mass is 428 g/mol. The van der Waals surface area contributed by atoms with Crippen molar-refractivity contribution >= 4 is 11.6 Å². The molecule has 0 aliphatic heterocycles. The highest BCUT2D eigenvalue weighted by Crippen LogP contribution is 2.29. The molecule has 3 aromatic rings. The number of aliphatic hydroxyl groups excluding tert-OH is 1. The van der Waals surface area contributed by atoms with E-state index in [9.17, 15) is 23.1 Å². The molecule has 1 aliphatic carbocycles. The number of alkyl halides is 3. The highest BCUT2D eigenvalue weighted by molar-refractivity contribution is 6.04. The van der Waals surface area contributed by atoms with Crippen molar-refractivity contribution in [2.24, 2.45) is 0 Å². The molecule has 1 atom stereocenters. The van der Waals surface area contributed by atoms with Crippen LogP contribution >= 0.6 is 0 Å². The number of rotatable bonds is 4. The lowest BCUT2D eigenvalue weighted by Gasteiger charge is -2.23. The van der Waals surface area contributed by atoms with E-state index in [-0.39, 0.29) is 11.7 Å². The van der Waals surface area contributed by atoms with Gasteiger partial charge in [-0.05, 0) is 66.4 Å². The zero-order valence-electron chi connectivity index (χ0n) is 16.3. The number of carbonyl (C=O) groups excluding carboxylic acids is 1. The van der Waals surface area contributed by atoms with Crippen LogP contribution in [0.1, 0.15) is 27.9 Å². The number of ether oxygens (including phenoxy) is 1. The molecule has 0 saturated heterocycles. The van der Waals surface area contributed by atoms with E-state index >= 15 is 0 Å². The van der Waals surface area contributed by atoms with Gasteiger partial charge in [-0.15, -0.1) is 13.2 Å². The van der Waals surface area contributed by atoms with Crippen LogP contribution < -0.4 is 10.1 Å². The minimum atomic E-state index is -4.75. The number of amides is 1. The van der Waals surface area contributed by atoms with Gasteiger partial charge in [0.15, 0.2) is 0 Å². The van der Waals surface area contributed by atoms with Gasteiger partial charge in [0.25, 0.3) is 5.91 Å². The van der Waals surface area contributed by atoms with Gasteiger partial charge in [0, 0.05) is 23.9 Å². The van der Waals surface area contributed by atoms with Gasteiger partial charge < -0.3 is 15.2 Å². The van der Waals surface area contributed by atoms with Crippen LogP contribution in [0.3, 0.4) is 0 Å². The molecule has 1 amide bonds. The number of benzene rings is 2. The maximum atomic E-state index is 12.7. The van der Waals surface area contributed by atoms with Crippen molar-refractivity contribution in [2.45, 2.75) is 31.7 Å². The second-order valence-corrected chi connectivity index (χ2v) is 7.30. The molecule has 0 spiro atoms. The molecule has 1 heterocycles. The van der Waals surface area contributed by atoms with Crippen molar-refractivity contribution in [1.82, 2.24) is 4.98 Å². The molecule has 1 aromatic heterocycles. The van der Waals surface area contributed by atoms with E-state index in [0.717, 1.165) is 17.5 Å². The van der Waals surface area contributed by atoms with Gasteiger partial charge in [-0.1, -0.05) is 12.1 Å². The van der Waals surface area contributed by atoms with E-state index in [1.54, 1.807) is 18.2 Å². The summed E-state index contributed by atoms with van der Waals surface area (Å²) in [6.07, 6.45) is -1.78. The Hall–Kier alpha value is -3.39. The summed E-state index contributed by atoms with van der Waals surface area (Å²) in [5.41, 5.74) is 4.18. The van der Waals surface area contributed by atoms with E-state index in [2.05, 4.69) is 15.0 Å². The zero-order chi connectivity index (χ0) is 22.0. The van der Waals surface area contributed by atoms with Crippen LogP contribution in [-0.4, -0.2) is 28.5 Å². The molecular formula is C23H19F3N2O3. The predicted molar refractivity (Wildman–Crippen MR) is 109 cm³/mol. The lowest BCUT2D eigenvalue weighted by molar-refractivity contribution is -0.274. The fraction of sp³-hybridized carbons (Fsp3) is 0.217. The van der Waals surface area contributed by atoms with Crippen LogP contribution in [0.15, 0.2) is 60.8 Å². The normalized spacial score (nSPS) is 15.8. The molecule has 160 valence electrons. The first kappa shape index (κ1) is 20.9.